The molecule has 9 heteroatoms. The Morgan fingerprint density at radius 3 is 2.42 bits per heavy atom. The summed E-state index contributed by atoms with van der Waals surface area (Å²) in [5.74, 6) is -0.836. The number of hydrogen-bond donors (Lipinski definition) is 3. The number of carbonyl (C=O) groups excluding carboxylic acids is 2. The number of rotatable bonds is 6. The Morgan fingerprint density at radius 1 is 0.972 bits per heavy atom. The number of anilines is 1. The smallest absolute Gasteiger partial charge is 0.259 e. The van der Waals surface area contributed by atoms with Crippen LogP contribution in [0.4, 0.5) is 17.1 Å². The highest BCUT2D eigenvalue weighted by Crippen LogP contribution is 2.40. The zero-order valence-corrected chi connectivity index (χ0v) is 19.4. The number of phenols is 1. The maximum Gasteiger partial charge on any atom is 0.259 e. The molecule has 3 N–H and O–H groups in total. The number of carbonyl (C=O) groups is 2. The SMILES string of the molecule is CNC(=O)c1ccc(OC)c(N=Nc2c(O)c(C(=O)Nc3ccc(C#N)cc3)cc3ccccc23)c1. The number of nitrogens with zero attached hydrogens (tertiary/aromatic N) is 3. The second-order valence-electron chi connectivity index (χ2n) is 7.65. The van der Waals surface area contributed by atoms with Gasteiger partial charge in [0.2, 0.25) is 0 Å². The molecule has 0 fully saturated rings. The number of amides is 2. The summed E-state index contributed by atoms with van der Waals surface area (Å²) >= 11 is 0. The molecular weight excluding hydrogens is 458 g/mol. The van der Waals surface area contributed by atoms with Gasteiger partial charge in [0.25, 0.3) is 11.8 Å². The van der Waals surface area contributed by atoms with Crippen LogP contribution in [0.25, 0.3) is 10.8 Å². The molecule has 4 aromatic carbocycles. The van der Waals surface area contributed by atoms with Crippen molar-refractivity contribution >= 4 is 39.6 Å². The van der Waals surface area contributed by atoms with Crippen LogP contribution in [0.5, 0.6) is 11.5 Å². The van der Waals surface area contributed by atoms with Gasteiger partial charge in [0.15, 0.2) is 5.75 Å². The fourth-order valence-corrected chi connectivity index (χ4v) is 3.58. The topological polar surface area (TPSA) is 136 Å². The van der Waals surface area contributed by atoms with E-state index in [1.807, 2.05) is 6.07 Å². The van der Waals surface area contributed by atoms with E-state index in [0.29, 0.717) is 33.3 Å². The molecule has 0 unspecified atom stereocenters. The molecular formula is C27H21N5O4. The van der Waals surface area contributed by atoms with Crippen LogP contribution < -0.4 is 15.4 Å². The minimum atomic E-state index is -0.557. The van der Waals surface area contributed by atoms with Crippen LogP contribution in [0.3, 0.4) is 0 Å². The minimum absolute atomic E-state index is 0.00177. The Kier molecular flexibility index (Phi) is 6.88. The van der Waals surface area contributed by atoms with Gasteiger partial charge in [-0.15, -0.1) is 10.2 Å². The Bertz CT molecular complexity index is 1540. The first-order valence-corrected chi connectivity index (χ1v) is 10.8. The zero-order chi connectivity index (χ0) is 25.7. The third kappa shape index (κ3) is 4.83. The van der Waals surface area contributed by atoms with Crippen LogP contribution in [0.1, 0.15) is 26.3 Å². The van der Waals surface area contributed by atoms with Gasteiger partial charge >= 0.3 is 0 Å². The Hall–Kier alpha value is -5.23. The first-order valence-electron chi connectivity index (χ1n) is 10.8. The maximum atomic E-state index is 13.0. The lowest BCUT2D eigenvalue weighted by Crippen LogP contribution is -2.17. The summed E-state index contributed by atoms with van der Waals surface area (Å²) in [6, 6.07) is 21.8. The van der Waals surface area contributed by atoms with Crippen molar-refractivity contribution in [3.05, 3.63) is 89.5 Å². The van der Waals surface area contributed by atoms with Gasteiger partial charge in [0.1, 0.15) is 17.1 Å². The van der Waals surface area contributed by atoms with Crippen LogP contribution in [0.2, 0.25) is 0 Å². The van der Waals surface area contributed by atoms with Crippen LogP contribution in [-0.4, -0.2) is 31.1 Å². The fourth-order valence-electron chi connectivity index (χ4n) is 3.58. The molecule has 0 heterocycles. The Morgan fingerprint density at radius 2 is 1.72 bits per heavy atom. The van der Waals surface area contributed by atoms with Crippen molar-refractivity contribution in [3.8, 4) is 17.6 Å². The molecule has 4 aromatic rings. The monoisotopic (exact) mass is 479 g/mol. The van der Waals surface area contributed by atoms with E-state index in [1.54, 1.807) is 66.7 Å². The van der Waals surface area contributed by atoms with E-state index in [4.69, 9.17) is 10.00 Å². The maximum absolute atomic E-state index is 13.0. The van der Waals surface area contributed by atoms with Crippen molar-refractivity contribution in [1.29, 1.82) is 5.26 Å². The van der Waals surface area contributed by atoms with E-state index in [2.05, 4.69) is 20.9 Å². The van der Waals surface area contributed by atoms with Crippen molar-refractivity contribution in [2.24, 2.45) is 10.2 Å². The van der Waals surface area contributed by atoms with E-state index < -0.39 is 5.91 Å². The molecule has 0 aliphatic rings. The molecule has 36 heavy (non-hydrogen) atoms. The molecule has 0 bridgehead atoms. The molecule has 0 saturated heterocycles. The van der Waals surface area contributed by atoms with E-state index in [1.165, 1.54) is 20.2 Å². The number of azo groups is 1. The molecule has 0 atom stereocenters. The Labute approximate surface area is 206 Å². The van der Waals surface area contributed by atoms with Gasteiger partial charge < -0.3 is 20.5 Å². The van der Waals surface area contributed by atoms with Crippen LogP contribution >= 0.6 is 0 Å². The van der Waals surface area contributed by atoms with Crippen LogP contribution in [-0.2, 0) is 0 Å². The second kappa shape index (κ2) is 10.4. The number of benzene rings is 4. The van der Waals surface area contributed by atoms with E-state index in [9.17, 15) is 14.7 Å². The first kappa shape index (κ1) is 23.9. The standard InChI is InChI=1S/C27H21N5O4/c1-29-26(34)18-9-12-23(36-2)22(14-18)31-32-24-20-6-4-3-5-17(20)13-21(25(24)33)27(35)30-19-10-7-16(15-28)8-11-19/h3-14,33H,1-2H3,(H,29,34)(H,30,35). The summed E-state index contributed by atoms with van der Waals surface area (Å²) in [6.07, 6.45) is 0. The highest BCUT2D eigenvalue weighted by molar-refractivity contribution is 6.11. The Balaban J connectivity index is 1.77. The van der Waals surface area contributed by atoms with Gasteiger partial charge in [0, 0.05) is 23.7 Å². The molecule has 0 aromatic heterocycles. The van der Waals surface area contributed by atoms with Gasteiger partial charge in [-0.2, -0.15) is 5.26 Å². The molecule has 0 aliphatic heterocycles. The molecule has 0 spiro atoms. The number of nitriles is 1. The number of ether oxygens (including phenoxy) is 1. The van der Waals surface area contributed by atoms with Crippen LogP contribution in [0.15, 0.2) is 83.0 Å². The third-order valence-electron chi connectivity index (χ3n) is 5.44. The lowest BCUT2D eigenvalue weighted by atomic mass is 10.0. The van der Waals surface area contributed by atoms with E-state index in [-0.39, 0.29) is 28.6 Å². The molecule has 0 saturated carbocycles. The summed E-state index contributed by atoms with van der Waals surface area (Å²) in [5.41, 5.74) is 1.64. The summed E-state index contributed by atoms with van der Waals surface area (Å²) in [4.78, 5) is 25.1. The second-order valence-corrected chi connectivity index (χ2v) is 7.65. The summed E-state index contributed by atoms with van der Waals surface area (Å²) in [7, 11) is 2.99. The summed E-state index contributed by atoms with van der Waals surface area (Å²) in [5, 5.41) is 35.0. The van der Waals surface area contributed by atoms with Gasteiger partial charge in [-0.1, -0.05) is 24.3 Å². The number of phenolic OH excluding ortho intramolecular Hbond substituents is 1. The van der Waals surface area contributed by atoms with E-state index in [0.717, 1.165) is 0 Å². The highest BCUT2D eigenvalue weighted by Gasteiger charge is 2.19. The summed E-state index contributed by atoms with van der Waals surface area (Å²) in [6.45, 7) is 0. The minimum Gasteiger partial charge on any atom is -0.505 e. The third-order valence-corrected chi connectivity index (χ3v) is 5.44. The lowest BCUT2D eigenvalue weighted by molar-refractivity contribution is 0.0962. The van der Waals surface area contributed by atoms with Gasteiger partial charge in [-0.25, -0.2) is 0 Å². The predicted molar refractivity (Wildman–Crippen MR) is 135 cm³/mol. The molecule has 0 aliphatic carbocycles. The largest absolute Gasteiger partial charge is 0.505 e. The van der Waals surface area contributed by atoms with Crippen molar-refractivity contribution in [2.45, 2.75) is 0 Å². The number of methoxy groups -OCH3 is 1. The quantitative estimate of drug-likeness (QED) is 0.316. The number of hydrogen-bond acceptors (Lipinski definition) is 7. The van der Waals surface area contributed by atoms with Crippen molar-refractivity contribution in [2.75, 3.05) is 19.5 Å². The normalized spacial score (nSPS) is 10.7. The number of nitrogens with one attached hydrogen (secondary N) is 2. The van der Waals surface area contributed by atoms with Gasteiger partial charge in [-0.05, 0) is 53.9 Å². The number of aromatic hydroxyl groups is 1. The fraction of sp³-hybridized carbons (Fsp3) is 0.0741. The average Bonchev–Trinajstić information content (AvgIpc) is 2.92. The van der Waals surface area contributed by atoms with Crippen molar-refractivity contribution in [1.82, 2.24) is 5.32 Å². The first-order chi connectivity index (χ1) is 17.4. The molecule has 178 valence electrons. The molecule has 2 amide bonds. The highest BCUT2D eigenvalue weighted by atomic mass is 16.5. The van der Waals surface area contributed by atoms with Crippen molar-refractivity contribution in [3.63, 3.8) is 0 Å². The van der Waals surface area contributed by atoms with Crippen LogP contribution in [0, 0.1) is 11.3 Å². The average molecular weight is 479 g/mol. The van der Waals surface area contributed by atoms with Gasteiger partial charge in [0.05, 0.1) is 24.3 Å². The molecule has 4 rings (SSSR count). The zero-order valence-electron chi connectivity index (χ0n) is 19.4. The predicted octanol–water partition coefficient (Wildman–Crippen LogP) is 5.45. The summed E-state index contributed by atoms with van der Waals surface area (Å²) < 4.78 is 5.33. The van der Waals surface area contributed by atoms with E-state index >= 15 is 0 Å². The lowest BCUT2D eigenvalue weighted by Gasteiger charge is -2.11. The van der Waals surface area contributed by atoms with Crippen molar-refractivity contribution < 1.29 is 19.4 Å². The molecule has 0 radical (unpaired) electrons. The van der Waals surface area contributed by atoms with Gasteiger partial charge in [-0.3, -0.25) is 9.59 Å². The molecule has 9 nitrogen and oxygen atoms in total. The number of fused-ring (bicyclic) bond motifs is 1.